The summed E-state index contributed by atoms with van der Waals surface area (Å²) in [6, 6.07) is 56.8. The zero-order chi connectivity index (χ0) is 33.0. The molecule has 0 aliphatic rings. The third kappa shape index (κ3) is 4.79. The van der Waals surface area contributed by atoms with Crippen LogP contribution in [0.2, 0.25) is 0 Å². The average molecular weight is 658 g/mol. The Labute approximate surface area is 292 Å². The normalized spacial score (nSPS) is 11.6. The molecular weight excluding hydrogens is 631 g/mol. The van der Waals surface area contributed by atoms with Crippen molar-refractivity contribution in [2.75, 3.05) is 0 Å². The molecule has 0 radical (unpaired) electrons. The maximum Gasteiger partial charge on any atom is 0.164 e. The molecule has 10 aromatic rings. The predicted octanol–water partition coefficient (Wildman–Crippen LogP) is 12.5. The van der Waals surface area contributed by atoms with Crippen LogP contribution in [0.25, 0.3) is 98.5 Å². The van der Waals surface area contributed by atoms with E-state index in [0.29, 0.717) is 17.5 Å². The smallest absolute Gasteiger partial charge is 0.164 e. The summed E-state index contributed by atoms with van der Waals surface area (Å²) >= 11 is 1.79. The van der Waals surface area contributed by atoms with Gasteiger partial charge in [-0.15, -0.1) is 11.3 Å². The lowest BCUT2D eigenvalue weighted by molar-refractivity contribution is 0.669. The highest BCUT2D eigenvalue weighted by molar-refractivity contribution is 7.25. The largest absolute Gasteiger partial charge is 0.456 e. The summed E-state index contributed by atoms with van der Waals surface area (Å²) in [4.78, 5) is 15.5. The summed E-state index contributed by atoms with van der Waals surface area (Å²) in [5.41, 5.74) is 9.09. The molecule has 0 aliphatic carbocycles. The molecule has 3 heterocycles. The van der Waals surface area contributed by atoms with E-state index in [9.17, 15) is 0 Å². The van der Waals surface area contributed by atoms with E-state index in [1.54, 1.807) is 11.3 Å². The predicted molar refractivity (Wildman–Crippen MR) is 207 cm³/mol. The van der Waals surface area contributed by atoms with Crippen molar-refractivity contribution in [3.05, 3.63) is 164 Å². The first-order valence-corrected chi connectivity index (χ1v) is 17.4. The Balaban J connectivity index is 1.19. The molecule has 0 atom stereocenters. The number of fused-ring (bicyclic) bond motifs is 6. The van der Waals surface area contributed by atoms with Gasteiger partial charge < -0.3 is 4.42 Å². The zero-order valence-electron chi connectivity index (χ0n) is 26.7. The van der Waals surface area contributed by atoms with Gasteiger partial charge in [-0.2, -0.15) is 0 Å². The van der Waals surface area contributed by atoms with Gasteiger partial charge >= 0.3 is 0 Å². The Bertz CT molecular complexity index is 2860. The van der Waals surface area contributed by atoms with Crippen LogP contribution < -0.4 is 0 Å². The molecule has 4 nitrogen and oxygen atoms in total. The Kier molecular flexibility index (Phi) is 6.64. The van der Waals surface area contributed by atoms with Crippen LogP contribution in [-0.2, 0) is 0 Å². The molecular formula is C45H27N3OS. The summed E-state index contributed by atoms with van der Waals surface area (Å²) in [7, 11) is 0. The van der Waals surface area contributed by atoms with E-state index in [1.807, 2.05) is 24.3 Å². The van der Waals surface area contributed by atoms with E-state index in [1.165, 1.54) is 25.7 Å². The summed E-state index contributed by atoms with van der Waals surface area (Å²) in [6.45, 7) is 0. The second-order valence-corrected chi connectivity index (χ2v) is 13.5. The summed E-state index contributed by atoms with van der Waals surface area (Å²) in [5.74, 6) is 1.89. The first-order valence-electron chi connectivity index (χ1n) is 16.6. The Hall–Kier alpha value is -6.43. The van der Waals surface area contributed by atoms with Crippen LogP contribution >= 0.6 is 11.3 Å². The van der Waals surface area contributed by atoms with Crippen LogP contribution in [0.1, 0.15) is 0 Å². The number of benzene rings is 7. The van der Waals surface area contributed by atoms with Gasteiger partial charge in [0.05, 0.1) is 0 Å². The van der Waals surface area contributed by atoms with Crippen molar-refractivity contribution in [1.29, 1.82) is 0 Å². The lowest BCUT2D eigenvalue weighted by atomic mass is 9.99. The third-order valence-electron chi connectivity index (χ3n) is 9.37. The van der Waals surface area contributed by atoms with Gasteiger partial charge in [0.25, 0.3) is 0 Å². The zero-order valence-corrected chi connectivity index (χ0v) is 27.6. The first kappa shape index (κ1) is 28.6. The molecule has 0 amide bonds. The molecule has 3 aromatic heterocycles. The van der Waals surface area contributed by atoms with E-state index in [4.69, 9.17) is 19.4 Å². The quantitative estimate of drug-likeness (QED) is 0.185. The Morgan fingerprint density at radius 1 is 0.360 bits per heavy atom. The lowest BCUT2D eigenvalue weighted by Gasteiger charge is -2.10. The molecule has 7 aromatic carbocycles. The standard InChI is InChI=1S/C45H27N3OS/c1-3-11-28(12-4-1)29-21-23-31(24-22-29)43-46-44(48-45(47-43)35-17-10-20-40-42(35)34-15-7-8-19-39(34)50-40)32-25-26-37-36(27-32)41-33(16-9-18-38(41)49-37)30-13-5-2-6-14-30/h1-27H. The second kappa shape index (κ2) is 11.6. The van der Waals surface area contributed by atoms with Crippen LogP contribution in [0, 0.1) is 0 Å². The number of rotatable bonds is 5. The number of hydrogen-bond acceptors (Lipinski definition) is 5. The molecule has 10 rings (SSSR count). The molecule has 0 saturated heterocycles. The number of aromatic nitrogens is 3. The topological polar surface area (TPSA) is 51.8 Å². The van der Waals surface area contributed by atoms with Crippen molar-refractivity contribution >= 4 is 53.4 Å². The fraction of sp³-hybridized carbons (Fsp3) is 0. The van der Waals surface area contributed by atoms with Crippen LogP contribution in [0.5, 0.6) is 0 Å². The Morgan fingerprint density at radius 2 is 0.960 bits per heavy atom. The first-order chi connectivity index (χ1) is 24.8. The number of furan rings is 1. The molecule has 0 bridgehead atoms. The van der Waals surface area contributed by atoms with Gasteiger partial charge in [-0.3, -0.25) is 0 Å². The molecule has 0 aliphatic heterocycles. The van der Waals surface area contributed by atoms with E-state index in [0.717, 1.165) is 55.3 Å². The van der Waals surface area contributed by atoms with Crippen molar-refractivity contribution in [2.24, 2.45) is 0 Å². The van der Waals surface area contributed by atoms with Crippen molar-refractivity contribution in [3.8, 4) is 56.4 Å². The van der Waals surface area contributed by atoms with Crippen molar-refractivity contribution in [1.82, 2.24) is 15.0 Å². The van der Waals surface area contributed by atoms with E-state index < -0.39 is 0 Å². The fourth-order valence-electron chi connectivity index (χ4n) is 6.98. The van der Waals surface area contributed by atoms with Gasteiger partial charge in [0.2, 0.25) is 0 Å². The molecule has 0 fully saturated rings. The maximum atomic E-state index is 6.37. The minimum Gasteiger partial charge on any atom is -0.456 e. The van der Waals surface area contributed by atoms with Gasteiger partial charge in [-0.1, -0.05) is 127 Å². The second-order valence-electron chi connectivity index (χ2n) is 12.4. The maximum absolute atomic E-state index is 6.37. The van der Waals surface area contributed by atoms with Crippen molar-refractivity contribution in [2.45, 2.75) is 0 Å². The van der Waals surface area contributed by atoms with Gasteiger partial charge in [0.1, 0.15) is 11.2 Å². The highest BCUT2D eigenvalue weighted by Crippen LogP contribution is 2.41. The number of nitrogens with zero attached hydrogens (tertiary/aromatic N) is 3. The van der Waals surface area contributed by atoms with Crippen molar-refractivity contribution < 1.29 is 4.42 Å². The lowest BCUT2D eigenvalue weighted by Crippen LogP contribution is -2.00. The van der Waals surface area contributed by atoms with Crippen LogP contribution in [0.3, 0.4) is 0 Å². The summed E-state index contributed by atoms with van der Waals surface area (Å²) < 4.78 is 8.82. The van der Waals surface area contributed by atoms with Crippen LogP contribution in [-0.4, -0.2) is 15.0 Å². The average Bonchev–Trinajstić information content (AvgIpc) is 3.77. The van der Waals surface area contributed by atoms with Gasteiger partial charge in [-0.05, 0) is 58.7 Å². The fourth-order valence-corrected chi connectivity index (χ4v) is 8.11. The third-order valence-corrected chi connectivity index (χ3v) is 10.5. The highest BCUT2D eigenvalue weighted by atomic mass is 32.1. The monoisotopic (exact) mass is 657 g/mol. The van der Waals surface area contributed by atoms with Crippen LogP contribution in [0.4, 0.5) is 0 Å². The minimum atomic E-state index is 0.613. The summed E-state index contributed by atoms with van der Waals surface area (Å²) in [6.07, 6.45) is 0. The van der Waals surface area contributed by atoms with Gasteiger partial charge in [0, 0.05) is 47.6 Å². The SMILES string of the molecule is c1ccc(-c2ccc(-c3nc(-c4ccc5oc6cccc(-c7ccccc7)c6c5c4)nc(-c4cccc5sc6ccccc6c45)n3)cc2)cc1. The van der Waals surface area contributed by atoms with Gasteiger partial charge in [-0.25, -0.2) is 15.0 Å². The molecule has 0 spiro atoms. The molecule has 0 saturated carbocycles. The van der Waals surface area contributed by atoms with E-state index in [-0.39, 0.29) is 0 Å². The summed E-state index contributed by atoms with van der Waals surface area (Å²) in [5, 5.41) is 4.48. The molecule has 0 N–H and O–H groups in total. The molecule has 5 heteroatoms. The number of hydrogen-bond donors (Lipinski definition) is 0. The Morgan fingerprint density at radius 3 is 1.78 bits per heavy atom. The molecule has 234 valence electrons. The minimum absolute atomic E-state index is 0.613. The molecule has 0 unspecified atom stereocenters. The van der Waals surface area contributed by atoms with Gasteiger partial charge in [0.15, 0.2) is 17.5 Å². The highest BCUT2D eigenvalue weighted by Gasteiger charge is 2.19. The van der Waals surface area contributed by atoms with Crippen LogP contribution in [0.15, 0.2) is 168 Å². The molecule has 50 heavy (non-hydrogen) atoms. The van der Waals surface area contributed by atoms with E-state index in [2.05, 4.69) is 140 Å². The van der Waals surface area contributed by atoms with Crippen molar-refractivity contribution in [3.63, 3.8) is 0 Å². The van der Waals surface area contributed by atoms with E-state index >= 15 is 0 Å². The number of thiophene rings is 1.